The minimum Gasteiger partial charge on any atom is -0.436 e. The summed E-state index contributed by atoms with van der Waals surface area (Å²) in [6, 6.07) is 3.99. The molecule has 1 fully saturated rings. The maximum absolute atomic E-state index is 12.2. The minimum absolute atomic E-state index is 0.187. The third-order valence-corrected chi connectivity index (χ3v) is 4.75. The molecule has 2 aromatic heterocycles. The van der Waals surface area contributed by atoms with Crippen molar-refractivity contribution in [2.24, 2.45) is 0 Å². The van der Waals surface area contributed by atoms with Gasteiger partial charge in [0, 0.05) is 38.6 Å². The van der Waals surface area contributed by atoms with Gasteiger partial charge in [-0.05, 0) is 37.6 Å². The van der Waals surface area contributed by atoms with Crippen molar-refractivity contribution >= 4 is 5.91 Å². The highest BCUT2D eigenvalue weighted by Gasteiger charge is 2.27. The zero-order chi connectivity index (χ0) is 17.1. The number of nitrogens with zero attached hydrogens (tertiary/aromatic N) is 4. The molecule has 0 spiro atoms. The Morgan fingerprint density at radius 2 is 2.12 bits per heavy atom. The molecule has 0 atom stereocenters. The predicted octanol–water partition coefficient (Wildman–Crippen LogP) is 1.41. The van der Waals surface area contributed by atoms with Crippen LogP contribution in [0.15, 0.2) is 28.9 Å². The third-order valence-electron chi connectivity index (χ3n) is 4.75. The highest BCUT2D eigenvalue weighted by Crippen LogP contribution is 2.24. The van der Waals surface area contributed by atoms with Gasteiger partial charge in [0.15, 0.2) is 0 Å². The number of hydrogen-bond acceptors (Lipinski definition) is 6. The highest BCUT2D eigenvalue weighted by molar-refractivity contribution is 5.89. The van der Waals surface area contributed by atoms with Crippen molar-refractivity contribution in [2.75, 3.05) is 26.2 Å². The molecule has 7 heteroatoms. The van der Waals surface area contributed by atoms with Crippen molar-refractivity contribution in [1.82, 2.24) is 25.1 Å². The molecule has 1 amide bonds. The first-order valence-electron chi connectivity index (χ1n) is 8.88. The molecule has 4 heterocycles. The van der Waals surface area contributed by atoms with Crippen LogP contribution in [0.4, 0.5) is 0 Å². The standard InChI is InChI=1S/C18H23N5O2/c24-17(20-6-9-22-7-1-2-8-22)18-21-15-12-23(13-16(15)25-18)11-14-4-3-5-19-10-14/h3-5,10H,1-2,6-9,11-13H2,(H,20,24). The molecule has 0 radical (unpaired) electrons. The SMILES string of the molecule is O=C(NCCN1CCCC1)c1nc2c(o1)CN(Cc1cccnc1)C2. The second-order valence-corrected chi connectivity index (χ2v) is 6.70. The van der Waals surface area contributed by atoms with Gasteiger partial charge in [0.25, 0.3) is 5.89 Å². The fraction of sp³-hybridized carbons (Fsp3) is 0.500. The van der Waals surface area contributed by atoms with Gasteiger partial charge in [0.05, 0.1) is 12.2 Å². The first-order valence-corrected chi connectivity index (χ1v) is 8.88. The summed E-state index contributed by atoms with van der Waals surface area (Å²) in [7, 11) is 0. The van der Waals surface area contributed by atoms with Crippen molar-refractivity contribution in [3.8, 4) is 0 Å². The molecule has 4 rings (SSSR count). The summed E-state index contributed by atoms with van der Waals surface area (Å²) in [5.41, 5.74) is 2.03. The molecule has 2 aliphatic heterocycles. The number of carbonyl (C=O) groups is 1. The van der Waals surface area contributed by atoms with Crippen LogP contribution in [-0.2, 0) is 19.6 Å². The summed E-state index contributed by atoms with van der Waals surface area (Å²) in [5.74, 6) is 0.772. The van der Waals surface area contributed by atoms with E-state index in [1.165, 1.54) is 12.8 Å². The van der Waals surface area contributed by atoms with Gasteiger partial charge in [-0.3, -0.25) is 14.7 Å². The molecular weight excluding hydrogens is 318 g/mol. The molecular formula is C18H23N5O2. The normalized spacial score (nSPS) is 17.8. The number of likely N-dealkylation sites (tertiary alicyclic amines) is 1. The first kappa shape index (κ1) is 16.2. The van der Waals surface area contributed by atoms with E-state index < -0.39 is 0 Å². The van der Waals surface area contributed by atoms with Crippen LogP contribution >= 0.6 is 0 Å². The van der Waals surface area contributed by atoms with Crippen molar-refractivity contribution in [1.29, 1.82) is 0 Å². The Balaban J connectivity index is 1.27. The number of aromatic nitrogens is 2. The van der Waals surface area contributed by atoms with Crippen molar-refractivity contribution in [3.63, 3.8) is 0 Å². The quantitative estimate of drug-likeness (QED) is 0.856. The van der Waals surface area contributed by atoms with E-state index in [4.69, 9.17) is 4.42 Å². The van der Waals surface area contributed by atoms with Crippen LogP contribution in [0.2, 0.25) is 0 Å². The van der Waals surface area contributed by atoms with E-state index in [1.807, 2.05) is 12.3 Å². The van der Waals surface area contributed by atoms with Crippen molar-refractivity contribution < 1.29 is 9.21 Å². The molecule has 2 aliphatic rings. The molecule has 7 nitrogen and oxygen atoms in total. The van der Waals surface area contributed by atoms with Crippen LogP contribution in [0.25, 0.3) is 0 Å². The molecule has 1 saturated heterocycles. The number of hydrogen-bond donors (Lipinski definition) is 1. The number of amides is 1. The van der Waals surface area contributed by atoms with Crippen molar-refractivity contribution in [3.05, 3.63) is 47.4 Å². The maximum atomic E-state index is 12.2. The van der Waals surface area contributed by atoms with Crippen LogP contribution in [0.3, 0.4) is 0 Å². The van der Waals surface area contributed by atoms with Gasteiger partial charge in [0.1, 0.15) is 5.76 Å². The summed E-state index contributed by atoms with van der Waals surface area (Å²) in [4.78, 5) is 25.3. The lowest BCUT2D eigenvalue weighted by atomic mass is 10.3. The fourth-order valence-corrected chi connectivity index (χ4v) is 3.47. The Morgan fingerprint density at radius 1 is 1.24 bits per heavy atom. The average molecular weight is 341 g/mol. The monoisotopic (exact) mass is 341 g/mol. The van der Waals surface area contributed by atoms with E-state index in [-0.39, 0.29) is 11.8 Å². The lowest BCUT2D eigenvalue weighted by Crippen LogP contribution is -2.33. The van der Waals surface area contributed by atoms with Gasteiger partial charge in [0.2, 0.25) is 0 Å². The van der Waals surface area contributed by atoms with Gasteiger partial charge in [-0.1, -0.05) is 6.07 Å². The topological polar surface area (TPSA) is 74.5 Å². The minimum atomic E-state index is -0.215. The van der Waals surface area contributed by atoms with Gasteiger partial charge in [-0.25, -0.2) is 4.98 Å². The molecule has 0 bridgehead atoms. The summed E-state index contributed by atoms with van der Waals surface area (Å²) < 4.78 is 5.68. The highest BCUT2D eigenvalue weighted by atomic mass is 16.4. The van der Waals surface area contributed by atoms with Crippen LogP contribution < -0.4 is 5.32 Å². The zero-order valence-corrected chi connectivity index (χ0v) is 14.3. The third kappa shape index (κ3) is 3.88. The molecule has 0 aliphatic carbocycles. The smallest absolute Gasteiger partial charge is 0.307 e. The molecule has 0 saturated carbocycles. The summed E-state index contributed by atoms with van der Waals surface area (Å²) in [6.07, 6.45) is 6.16. The van der Waals surface area contributed by atoms with Crippen LogP contribution in [0, 0.1) is 0 Å². The summed E-state index contributed by atoms with van der Waals surface area (Å²) >= 11 is 0. The molecule has 1 N–H and O–H groups in total. The molecule has 25 heavy (non-hydrogen) atoms. The van der Waals surface area contributed by atoms with E-state index in [9.17, 15) is 4.79 Å². The Bertz CT molecular complexity index is 701. The van der Waals surface area contributed by atoms with E-state index >= 15 is 0 Å². The molecule has 0 unspecified atom stereocenters. The largest absolute Gasteiger partial charge is 0.436 e. The average Bonchev–Trinajstić information content (AvgIpc) is 3.32. The van der Waals surface area contributed by atoms with Gasteiger partial charge in [-0.2, -0.15) is 0 Å². The second kappa shape index (κ2) is 7.33. The first-order chi connectivity index (χ1) is 12.3. The van der Waals surface area contributed by atoms with Crippen LogP contribution in [0.5, 0.6) is 0 Å². The maximum Gasteiger partial charge on any atom is 0.307 e. The Labute approximate surface area is 147 Å². The zero-order valence-electron chi connectivity index (χ0n) is 14.3. The van der Waals surface area contributed by atoms with Crippen LogP contribution in [0.1, 0.15) is 40.5 Å². The van der Waals surface area contributed by atoms with Crippen molar-refractivity contribution in [2.45, 2.75) is 32.5 Å². The number of pyridine rings is 1. The van der Waals surface area contributed by atoms with E-state index in [1.54, 1.807) is 6.20 Å². The van der Waals surface area contributed by atoms with Gasteiger partial charge in [-0.15, -0.1) is 0 Å². The van der Waals surface area contributed by atoms with E-state index in [0.29, 0.717) is 19.6 Å². The Kier molecular flexibility index (Phi) is 4.76. The molecule has 0 aromatic carbocycles. The lowest BCUT2D eigenvalue weighted by molar-refractivity contribution is 0.0910. The number of oxazole rings is 1. The number of carbonyl (C=O) groups excluding carboxylic acids is 1. The van der Waals surface area contributed by atoms with E-state index in [2.05, 4.69) is 31.2 Å². The predicted molar refractivity (Wildman–Crippen MR) is 91.7 cm³/mol. The number of rotatable bonds is 6. The summed E-state index contributed by atoms with van der Waals surface area (Å²) in [6.45, 7) is 5.99. The number of fused-ring (bicyclic) bond motifs is 1. The Hall–Kier alpha value is -2.25. The second-order valence-electron chi connectivity index (χ2n) is 6.70. The summed E-state index contributed by atoms with van der Waals surface area (Å²) in [5, 5.41) is 2.91. The Morgan fingerprint density at radius 3 is 2.88 bits per heavy atom. The number of nitrogens with one attached hydrogen (secondary N) is 1. The van der Waals surface area contributed by atoms with E-state index in [0.717, 1.165) is 43.2 Å². The van der Waals surface area contributed by atoms with Crippen LogP contribution in [-0.4, -0.2) is 51.9 Å². The lowest BCUT2D eigenvalue weighted by Gasteiger charge is -2.14. The molecule has 132 valence electrons. The fourth-order valence-electron chi connectivity index (χ4n) is 3.47. The van der Waals surface area contributed by atoms with Gasteiger partial charge < -0.3 is 14.6 Å². The molecule has 2 aromatic rings. The van der Waals surface area contributed by atoms with Gasteiger partial charge >= 0.3 is 5.91 Å².